The molecule has 2 aromatic heterocycles. The van der Waals surface area contributed by atoms with Crippen LogP contribution in [0.5, 0.6) is 0 Å². The molecule has 0 unspecified atom stereocenters. The molecule has 0 bridgehead atoms. The standard InChI is InChI=1S/C26H26N4O3S2/c1-16-5-8-18(9-6-16)13-27-23-20(24(31)29-14-17(2)7-10-22(29)28-23)12-21-25(32)30(26(34)35-21)15-19-4-3-11-33-19/h5-10,12,14,19,27H,3-4,11,13,15H2,1-2H3/b21-12-/t19-/m0/s1. The number of anilines is 1. The van der Waals surface area contributed by atoms with Crippen LogP contribution in [0.3, 0.4) is 0 Å². The molecular weight excluding hydrogens is 480 g/mol. The smallest absolute Gasteiger partial charge is 0.267 e. The Bertz CT molecular complexity index is 1390. The van der Waals surface area contributed by atoms with Gasteiger partial charge in [0, 0.05) is 19.3 Å². The highest BCUT2D eigenvalue weighted by molar-refractivity contribution is 8.26. The van der Waals surface area contributed by atoms with Crippen LogP contribution in [0.4, 0.5) is 5.82 Å². The van der Waals surface area contributed by atoms with Crippen molar-refractivity contribution in [3.05, 3.63) is 80.1 Å². The maximum absolute atomic E-state index is 13.5. The van der Waals surface area contributed by atoms with Crippen LogP contribution in [0, 0.1) is 13.8 Å². The van der Waals surface area contributed by atoms with E-state index in [1.807, 2.05) is 50.2 Å². The van der Waals surface area contributed by atoms with Crippen molar-refractivity contribution in [1.82, 2.24) is 14.3 Å². The molecule has 2 fully saturated rings. The third-order valence-corrected chi connectivity index (χ3v) is 7.52. The number of amides is 1. The van der Waals surface area contributed by atoms with Crippen LogP contribution in [-0.4, -0.2) is 43.8 Å². The topological polar surface area (TPSA) is 75.9 Å². The van der Waals surface area contributed by atoms with Gasteiger partial charge in [-0.25, -0.2) is 4.98 Å². The number of nitrogens with zero attached hydrogens (tertiary/aromatic N) is 3. The number of aryl methyl sites for hydroxylation is 2. The molecule has 7 nitrogen and oxygen atoms in total. The monoisotopic (exact) mass is 506 g/mol. The number of thiocarbonyl (C=S) groups is 1. The van der Waals surface area contributed by atoms with E-state index < -0.39 is 0 Å². The van der Waals surface area contributed by atoms with Gasteiger partial charge in [-0.1, -0.05) is 59.9 Å². The van der Waals surface area contributed by atoms with Crippen LogP contribution in [0.25, 0.3) is 11.7 Å². The Labute approximate surface area is 213 Å². The number of carbonyl (C=O) groups excluding carboxylic acids is 1. The fourth-order valence-corrected chi connectivity index (χ4v) is 5.45. The molecule has 0 spiro atoms. The Hall–Kier alpha value is -3.01. The summed E-state index contributed by atoms with van der Waals surface area (Å²) in [5, 5.41) is 3.31. The van der Waals surface area contributed by atoms with Gasteiger partial charge in [-0.3, -0.25) is 18.9 Å². The third-order valence-electron chi connectivity index (χ3n) is 6.15. The van der Waals surface area contributed by atoms with Gasteiger partial charge in [-0.15, -0.1) is 0 Å². The first-order valence-electron chi connectivity index (χ1n) is 11.6. The second kappa shape index (κ2) is 9.93. The first-order chi connectivity index (χ1) is 16.9. The predicted octanol–water partition coefficient (Wildman–Crippen LogP) is 4.30. The average Bonchev–Trinajstić information content (AvgIpc) is 3.45. The normalized spacial score (nSPS) is 19.3. The van der Waals surface area contributed by atoms with Crippen LogP contribution in [0.2, 0.25) is 0 Å². The Balaban J connectivity index is 1.51. The lowest BCUT2D eigenvalue weighted by Gasteiger charge is -2.18. The lowest BCUT2D eigenvalue weighted by Crippen LogP contribution is -2.35. The Morgan fingerprint density at radius 3 is 2.69 bits per heavy atom. The number of thioether (sulfide) groups is 1. The molecule has 0 aliphatic carbocycles. The molecule has 1 amide bonds. The van der Waals surface area contributed by atoms with E-state index in [1.165, 1.54) is 21.7 Å². The molecule has 9 heteroatoms. The maximum atomic E-state index is 13.5. The number of fused-ring (bicyclic) bond motifs is 1. The number of benzene rings is 1. The molecule has 1 aromatic carbocycles. The van der Waals surface area contributed by atoms with Crippen molar-refractivity contribution in [2.75, 3.05) is 18.5 Å². The molecule has 1 N–H and O–H groups in total. The van der Waals surface area contributed by atoms with Crippen LogP contribution in [0.1, 0.15) is 35.1 Å². The van der Waals surface area contributed by atoms with Gasteiger partial charge < -0.3 is 10.1 Å². The van der Waals surface area contributed by atoms with Crippen LogP contribution >= 0.6 is 24.0 Å². The minimum absolute atomic E-state index is 0.000442. The van der Waals surface area contributed by atoms with E-state index in [0.717, 1.165) is 24.0 Å². The maximum Gasteiger partial charge on any atom is 0.267 e. The molecule has 35 heavy (non-hydrogen) atoms. The number of rotatable bonds is 6. The summed E-state index contributed by atoms with van der Waals surface area (Å²) in [7, 11) is 0. The van der Waals surface area contributed by atoms with Crippen molar-refractivity contribution >= 4 is 51.7 Å². The molecule has 1 atom stereocenters. The summed E-state index contributed by atoms with van der Waals surface area (Å²) in [5.74, 6) is 0.234. The number of aromatic nitrogens is 2. The molecule has 2 aliphatic heterocycles. The number of hydrogen-bond donors (Lipinski definition) is 1. The summed E-state index contributed by atoms with van der Waals surface area (Å²) >= 11 is 6.70. The Morgan fingerprint density at radius 2 is 1.94 bits per heavy atom. The van der Waals surface area contributed by atoms with Crippen LogP contribution in [0.15, 0.2) is 52.3 Å². The zero-order valence-electron chi connectivity index (χ0n) is 19.6. The fraction of sp³-hybridized carbons (Fsp3) is 0.308. The molecule has 2 saturated heterocycles. The molecular formula is C26H26N4O3S2. The largest absolute Gasteiger partial charge is 0.376 e. The van der Waals surface area contributed by atoms with E-state index in [9.17, 15) is 9.59 Å². The molecule has 5 rings (SSSR count). The third kappa shape index (κ3) is 5.03. The minimum atomic E-state index is -0.241. The van der Waals surface area contributed by atoms with Crippen molar-refractivity contribution in [2.45, 2.75) is 39.3 Å². The zero-order chi connectivity index (χ0) is 24.5. The summed E-state index contributed by atoms with van der Waals surface area (Å²) in [6.07, 6.45) is 5.28. The number of carbonyl (C=O) groups is 1. The quantitative estimate of drug-likeness (QED) is 0.395. The zero-order valence-corrected chi connectivity index (χ0v) is 21.2. The summed E-state index contributed by atoms with van der Waals surface area (Å²) in [6.45, 7) is 5.61. The Kier molecular flexibility index (Phi) is 6.73. The predicted molar refractivity (Wildman–Crippen MR) is 144 cm³/mol. The van der Waals surface area contributed by atoms with E-state index in [0.29, 0.717) is 46.0 Å². The highest BCUT2D eigenvalue weighted by atomic mass is 32.2. The summed E-state index contributed by atoms with van der Waals surface area (Å²) < 4.78 is 7.69. The summed E-state index contributed by atoms with van der Waals surface area (Å²) in [5.41, 5.74) is 3.81. The summed E-state index contributed by atoms with van der Waals surface area (Å²) in [4.78, 5) is 33.5. The van der Waals surface area contributed by atoms with Gasteiger partial charge in [0.15, 0.2) is 0 Å². The lowest BCUT2D eigenvalue weighted by molar-refractivity contribution is -0.123. The van der Waals surface area contributed by atoms with Gasteiger partial charge in [0.25, 0.3) is 11.5 Å². The first-order valence-corrected chi connectivity index (χ1v) is 12.8. The van der Waals surface area contributed by atoms with E-state index in [1.54, 1.807) is 17.2 Å². The molecule has 180 valence electrons. The van der Waals surface area contributed by atoms with E-state index in [2.05, 4.69) is 5.32 Å². The highest BCUT2D eigenvalue weighted by Crippen LogP contribution is 2.34. The lowest BCUT2D eigenvalue weighted by atomic mass is 10.1. The fourth-order valence-electron chi connectivity index (χ4n) is 4.20. The highest BCUT2D eigenvalue weighted by Gasteiger charge is 2.35. The molecule has 3 aromatic rings. The molecule has 2 aliphatic rings. The number of nitrogens with one attached hydrogen (secondary N) is 1. The van der Waals surface area contributed by atoms with Crippen molar-refractivity contribution in [1.29, 1.82) is 0 Å². The Morgan fingerprint density at radius 1 is 1.17 bits per heavy atom. The van der Waals surface area contributed by atoms with Gasteiger partial charge in [-0.05, 0) is 50.0 Å². The van der Waals surface area contributed by atoms with Gasteiger partial charge in [0.1, 0.15) is 15.8 Å². The second-order valence-electron chi connectivity index (χ2n) is 8.88. The first kappa shape index (κ1) is 23.7. The van der Waals surface area contributed by atoms with Gasteiger partial charge in [0.05, 0.1) is 23.1 Å². The van der Waals surface area contributed by atoms with Crippen LogP contribution < -0.4 is 10.9 Å². The number of ether oxygens (including phenoxy) is 1. The second-order valence-corrected chi connectivity index (χ2v) is 10.6. The average molecular weight is 507 g/mol. The molecule has 0 saturated carbocycles. The van der Waals surface area contributed by atoms with Gasteiger partial charge in [0.2, 0.25) is 0 Å². The van der Waals surface area contributed by atoms with E-state index in [-0.39, 0.29) is 17.6 Å². The summed E-state index contributed by atoms with van der Waals surface area (Å²) in [6, 6.07) is 11.9. The van der Waals surface area contributed by atoms with Gasteiger partial charge >= 0.3 is 0 Å². The van der Waals surface area contributed by atoms with Crippen LogP contribution in [-0.2, 0) is 16.1 Å². The van der Waals surface area contributed by atoms with E-state index in [4.69, 9.17) is 21.9 Å². The molecule has 0 radical (unpaired) electrons. The SMILES string of the molecule is Cc1ccc(CNc2nc3ccc(C)cn3c(=O)c2/C=C2\SC(=S)N(C[C@@H]3CCCO3)C2=O)cc1. The number of hydrogen-bond acceptors (Lipinski definition) is 7. The van der Waals surface area contributed by atoms with E-state index >= 15 is 0 Å². The minimum Gasteiger partial charge on any atom is -0.376 e. The molecule has 4 heterocycles. The number of pyridine rings is 1. The van der Waals surface area contributed by atoms with Crippen molar-refractivity contribution < 1.29 is 9.53 Å². The van der Waals surface area contributed by atoms with Crippen molar-refractivity contribution in [2.24, 2.45) is 0 Å². The van der Waals surface area contributed by atoms with Gasteiger partial charge in [-0.2, -0.15) is 0 Å². The van der Waals surface area contributed by atoms with Crippen molar-refractivity contribution in [3.63, 3.8) is 0 Å². The van der Waals surface area contributed by atoms with Crippen molar-refractivity contribution in [3.8, 4) is 0 Å².